The lowest BCUT2D eigenvalue weighted by Crippen LogP contribution is -2.38. The van der Waals surface area contributed by atoms with Gasteiger partial charge in [0.15, 0.2) is 0 Å². The van der Waals surface area contributed by atoms with Crippen molar-refractivity contribution >= 4 is 11.4 Å². The van der Waals surface area contributed by atoms with Gasteiger partial charge in [0, 0.05) is 24.8 Å². The lowest BCUT2D eigenvalue weighted by atomic mass is 9.78. The standard InChI is InChI=1S/C15H22N2O3/c1-3-15(2)6-8-16(9-7-15)13-4-5-14(17(19)20)12(10-13)11-18/h4-5,10,18H,3,6-9,11H2,1-2H3. The van der Waals surface area contributed by atoms with E-state index in [1.807, 2.05) is 0 Å². The average Bonchev–Trinajstić information content (AvgIpc) is 2.47. The van der Waals surface area contributed by atoms with Gasteiger partial charge in [0.1, 0.15) is 0 Å². The van der Waals surface area contributed by atoms with E-state index in [-0.39, 0.29) is 12.3 Å². The topological polar surface area (TPSA) is 66.6 Å². The molecule has 0 unspecified atom stereocenters. The van der Waals surface area contributed by atoms with Crippen LogP contribution in [0, 0.1) is 15.5 Å². The summed E-state index contributed by atoms with van der Waals surface area (Å²) >= 11 is 0. The Morgan fingerprint density at radius 3 is 2.55 bits per heavy atom. The molecule has 0 atom stereocenters. The van der Waals surface area contributed by atoms with Crippen molar-refractivity contribution in [3.05, 3.63) is 33.9 Å². The van der Waals surface area contributed by atoms with Crippen molar-refractivity contribution < 1.29 is 10.0 Å². The van der Waals surface area contributed by atoms with Crippen LogP contribution in [-0.4, -0.2) is 23.1 Å². The molecule has 2 rings (SSSR count). The summed E-state index contributed by atoms with van der Waals surface area (Å²) in [5.41, 5.74) is 1.76. The number of piperidine rings is 1. The van der Waals surface area contributed by atoms with Gasteiger partial charge >= 0.3 is 0 Å². The molecule has 1 saturated heterocycles. The van der Waals surface area contributed by atoms with Gasteiger partial charge in [-0.15, -0.1) is 0 Å². The van der Waals surface area contributed by atoms with E-state index < -0.39 is 4.92 Å². The van der Waals surface area contributed by atoms with Gasteiger partial charge in [-0.3, -0.25) is 10.1 Å². The largest absolute Gasteiger partial charge is 0.391 e. The van der Waals surface area contributed by atoms with Gasteiger partial charge in [-0.05, 0) is 30.4 Å². The van der Waals surface area contributed by atoms with E-state index in [2.05, 4.69) is 18.7 Å². The maximum Gasteiger partial charge on any atom is 0.275 e. The Bertz CT molecular complexity index is 494. The Morgan fingerprint density at radius 2 is 2.05 bits per heavy atom. The van der Waals surface area contributed by atoms with Gasteiger partial charge in [0.2, 0.25) is 0 Å². The summed E-state index contributed by atoms with van der Waals surface area (Å²) in [6.07, 6.45) is 3.45. The van der Waals surface area contributed by atoms with Crippen molar-refractivity contribution in [2.45, 2.75) is 39.7 Å². The Balaban J connectivity index is 2.17. The molecule has 0 radical (unpaired) electrons. The third-order valence-corrected chi connectivity index (χ3v) is 4.62. The third kappa shape index (κ3) is 2.93. The van der Waals surface area contributed by atoms with Gasteiger partial charge in [0.25, 0.3) is 5.69 Å². The summed E-state index contributed by atoms with van der Waals surface area (Å²) in [6, 6.07) is 5.02. The lowest BCUT2D eigenvalue weighted by molar-refractivity contribution is -0.385. The van der Waals surface area contributed by atoms with E-state index in [0.717, 1.165) is 31.6 Å². The molecule has 0 spiro atoms. The van der Waals surface area contributed by atoms with Crippen LogP contribution in [0.2, 0.25) is 0 Å². The quantitative estimate of drug-likeness (QED) is 0.679. The Hall–Kier alpha value is -1.62. The zero-order valence-electron chi connectivity index (χ0n) is 12.1. The predicted molar refractivity (Wildman–Crippen MR) is 78.9 cm³/mol. The summed E-state index contributed by atoms with van der Waals surface area (Å²) in [6.45, 7) is 6.18. The normalized spacial score (nSPS) is 18.1. The van der Waals surface area contributed by atoms with Crippen LogP contribution in [-0.2, 0) is 6.61 Å². The SMILES string of the molecule is CCC1(C)CCN(c2ccc([N+](=O)[O-])c(CO)c2)CC1. The van der Waals surface area contributed by atoms with Gasteiger partial charge in [-0.1, -0.05) is 20.3 Å². The molecule has 0 aliphatic carbocycles. The molecule has 20 heavy (non-hydrogen) atoms. The number of nitro groups is 1. The molecule has 1 N–H and O–H groups in total. The number of anilines is 1. The second-order valence-corrected chi connectivity index (χ2v) is 5.88. The van der Waals surface area contributed by atoms with Crippen LogP contribution in [0.1, 0.15) is 38.7 Å². The van der Waals surface area contributed by atoms with Gasteiger partial charge in [0.05, 0.1) is 17.1 Å². The molecule has 5 nitrogen and oxygen atoms in total. The number of hydrogen-bond acceptors (Lipinski definition) is 4. The van der Waals surface area contributed by atoms with Crippen molar-refractivity contribution in [1.29, 1.82) is 0 Å². The maximum atomic E-state index is 10.9. The van der Waals surface area contributed by atoms with Crippen LogP contribution >= 0.6 is 0 Å². The van der Waals surface area contributed by atoms with Crippen molar-refractivity contribution in [2.24, 2.45) is 5.41 Å². The molecule has 110 valence electrons. The first-order valence-corrected chi connectivity index (χ1v) is 7.12. The van der Waals surface area contributed by atoms with Crippen molar-refractivity contribution in [1.82, 2.24) is 0 Å². The molecule has 0 aromatic heterocycles. The van der Waals surface area contributed by atoms with Crippen molar-refractivity contribution in [3.8, 4) is 0 Å². The predicted octanol–water partition coefficient (Wildman–Crippen LogP) is 3.10. The molecule has 0 saturated carbocycles. The summed E-state index contributed by atoms with van der Waals surface area (Å²) in [4.78, 5) is 12.7. The second-order valence-electron chi connectivity index (χ2n) is 5.88. The fraction of sp³-hybridized carbons (Fsp3) is 0.600. The highest BCUT2D eigenvalue weighted by atomic mass is 16.6. The van der Waals surface area contributed by atoms with E-state index in [1.54, 1.807) is 12.1 Å². The molecule has 1 heterocycles. The van der Waals surface area contributed by atoms with Crippen molar-refractivity contribution in [2.75, 3.05) is 18.0 Å². The zero-order valence-corrected chi connectivity index (χ0v) is 12.1. The molecular formula is C15H22N2O3. The van der Waals surface area contributed by atoms with Crippen LogP contribution in [0.25, 0.3) is 0 Å². The fourth-order valence-electron chi connectivity index (χ4n) is 2.73. The van der Waals surface area contributed by atoms with E-state index >= 15 is 0 Å². The molecule has 1 aliphatic rings. The summed E-state index contributed by atoms with van der Waals surface area (Å²) in [5.74, 6) is 0. The molecule has 1 aromatic carbocycles. The summed E-state index contributed by atoms with van der Waals surface area (Å²) in [7, 11) is 0. The van der Waals surface area contributed by atoms with E-state index in [0.29, 0.717) is 11.0 Å². The van der Waals surface area contributed by atoms with Crippen LogP contribution in [0.3, 0.4) is 0 Å². The second kappa shape index (κ2) is 5.79. The molecule has 1 fully saturated rings. The zero-order chi connectivity index (χ0) is 14.8. The number of hydrogen-bond donors (Lipinski definition) is 1. The van der Waals surface area contributed by atoms with Crippen LogP contribution < -0.4 is 4.90 Å². The first kappa shape index (κ1) is 14.8. The number of aliphatic hydroxyl groups excluding tert-OH is 1. The van der Waals surface area contributed by atoms with Gasteiger partial charge in [-0.2, -0.15) is 0 Å². The lowest BCUT2D eigenvalue weighted by Gasteiger charge is -2.40. The first-order valence-electron chi connectivity index (χ1n) is 7.12. The minimum absolute atomic E-state index is 0.00773. The minimum Gasteiger partial charge on any atom is -0.391 e. The Labute approximate surface area is 119 Å². The Kier molecular flexibility index (Phi) is 4.28. The summed E-state index contributed by atoms with van der Waals surface area (Å²) in [5, 5.41) is 20.2. The monoisotopic (exact) mass is 278 g/mol. The highest BCUT2D eigenvalue weighted by molar-refractivity contribution is 5.55. The van der Waals surface area contributed by atoms with Gasteiger partial charge in [-0.25, -0.2) is 0 Å². The number of aliphatic hydroxyl groups is 1. The fourth-order valence-corrected chi connectivity index (χ4v) is 2.73. The maximum absolute atomic E-state index is 10.9. The molecule has 1 aromatic rings. The summed E-state index contributed by atoms with van der Waals surface area (Å²) < 4.78 is 0. The molecule has 0 bridgehead atoms. The number of nitrogens with zero attached hydrogens (tertiary/aromatic N) is 2. The molecule has 5 heteroatoms. The van der Waals surface area contributed by atoms with Crippen LogP contribution in [0.5, 0.6) is 0 Å². The number of rotatable bonds is 4. The number of nitro benzene ring substituents is 1. The smallest absolute Gasteiger partial charge is 0.275 e. The van der Waals surface area contributed by atoms with Gasteiger partial charge < -0.3 is 10.0 Å². The third-order valence-electron chi connectivity index (χ3n) is 4.62. The Morgan fingerprint density at radius 1 is 1.40 bits per heavy atom. The molecule has 0 amide bonds. The van der Waals surface area contributed by atoms with Crippen LogP contribution in [0.4, 0.5) is 11.4 Å². The molecular weight excluding hydrogens is 256 g/mol. The number of benzene rings is 1. The average molecular weight is 278 g/mol. The first-order chi connectivity index (χ1) is 9.49. The minimum atomic E-state index is -0.445. The van der Waals surface area contributed by atoms with Crippen molar-refractivity contribution in [3.63, 3.8) is 0 Å². The highest BCUT2D eigenvalue weighted by Crippen LogP contribution is 2.36. The molecule has 1 aliphatic heterocycles. The van der Waals surface area contributed by atoms with E-state index in [1.165, 1.54) is 12.5 Å². The van der Waals surface area contributed by atoms with E-state index in [9.17, 15) is 15.2 Å². The van der Waals surface area contributed by atoms with Crippen LogP contribution in [0.15, 0.2) is 18.2 Å². The highest BCUT2D eigenvalue weighted by Gasteiger charge is 2.28. The van der Waals surface area contributed by atoms with E-state index in [4.69, 9.17) is 0 Å².